The highest BCUT2D eigenvalue weighted by Crippen LogP contribution is 2.34. The number of hydrogen-bond acceptors (Lipinski definition) is 6. The third-order valence-corrected chi connectivity index (χ3v) is 6.23. The van der Waals surface area contributed by atoms with Gasteiger partial charge in [-0.05, 0) is 37.0 Å². The number of rotatable bonds is 4. The molecule has 1 amide bonds. The van der Waals surface area contributed by atoms with E-state index in [1.807, 2.05) is 26.0 Å². The minimum atomic E-state index is -0.165. The summed E-state index contributed by atoms with van der Waals surface area (Å²) in [6.45, 7) is 6.41. The molecule has 2 aliphatic heterocycles. The van der Waals surface area contributed by atoms with Crippen molar-refractivity contribution in [2.24, 2.45) is 5.92 Å². The number of anilines is 1. The number of pyridine rings is 1. The van der Waals surface area contributed by atoms with Crippen molar-refractivity contribution in [2.75, 3.05) is 24.5 Å². The summed E-state index contributed by atoms with van der Waals surface area (Å²) >= 11 is 6.66. The normalized spacial score (nSPS) is 19.0. The molecule has 0 unspecified atom stereocenters. The largest absolute Gasteiger partial charge is 0.356 e. The Morgan fingerprint density at radius 1 is 1.25 bits per heavy atom. The van der Waals surface area contributed by atoms with Crippen LogP contribution in [0.1, 0.15) is 32.3 Å². The minimum Gasteiger partial charge on any atom is -0.356 e. The van der Waals surface area contributed by atoms with Gasteiger partial charge in [0, 0.05) is 25.8 Å². The standard InChI is InChI=1S/C20H22N4O2S2/c1-13(2)12-24-19(26)15(28-20(24)27)11-14-17(22-8-5-6-9-22)21-16-7-3-4-10-23(16)18(14)25/h3-4,7,10-11,13H,5-6,8-9,12H2,1-2H3/b15-11-. The lowest BCUT2D eigenvalue weighted by atomic mass is 10.2. The smallest absolute Gasteiger partial charge is 0.267 e. The lowest BCUT2D eigenvalue weighted by molar-refractivity contribution is -0.122. The average molecular weight is 415 g/mol. The van der Waals surface area contributed by atoms with Crippen molar-refractivity contribution in [3.63, 3.8) is 0 Å². The highest BCUT2D eigenvalue weighted by molar-refractivity contribution is 8.26. The Morgan fingerprint density at radius 3 is 2.71 bits per heavy atom. The molecule has 0 aliphatic carbocycles. The van der Waals surface area contributed by atoms with Crippen LogP contribution in [0.25, 0.3) is 11.7 Å². The maximum atomic E-state index is 13.2. The van der Waals surface area contributed by atoms with Crippen LogP contribution < -0.4 is 10.5 Å². The predicted molar refractivity (Wildman–Crippen MR) is 118 cm³/mol. The molecule has 4 heterocycles. The van der Waals surface area contributed by atoms with Crippen molar-refractivity contribution >= 4 is 51.7 Å². The number of thioether (sulfide) groups is 1. The first-order valence-corrected chi connectivity index (χ1v) is 10.7. The third kappa shape index (κ3) is 3.46. The van der Waals surface area contributed by atoms with Gasteiger partial charge < -0.3 is 4.90 Å². The molecule has 28 heavy (non-hydrogen) atoms. The molecule has 0 N–H and O–H groups in total. The van der Waals surface area contributed by atoms with Gasteiger partial charge in [0.25, 0.3) is 11.5 Å². The molecule has 6 nitrogen and oxygen atoms in total. The van der Waals surface area contributed by atoms with E-state index in [-0.39, 0.29) is 11.5 Å². The molecule has 0 atom stereocenters. The Hall–Kier alpha value is -2.19. The molecular formula is C20H22N4O2S2. The molecule has 0 saturated carbocycles. The van der Waals surface area contributed by atoms with Gasteiger partial charge in [-0.3, -0.25) is 18.9 Å². The van der Waals surface area contributed by atoms with Crippen LogP contribution >= 0.6 is 24.0 Å². The second-order valence-corrected chi connectivity index (χ2v) is 9.14. The summed E-state index contributed by atoms with van der Waals surface area (Å²) in [7, 11) is 0. The Labute approximate surface area is 173 Å². The molecule has 2 fully saturated rings. The maximum Gasteiger partial charge on any atom is 0.267 e. The molecule has 2 aromatic rings. The van der Waals surface area contributed by atoms with Crippen LogP contribution in [0, 0.1) is 5.92 Å². The third-order valence-electron chi connectivity index (χ3n) is 4.85. The molecule has 146 valence electrons. The van der Waals surface area contributed by atoms with Gasteiger partial charge >= 0.3 is 0 Å². The molecular weight excluding hydrogens is 392 g/mol. The van der Waals surface area contributed by atoms with Gasteiger partial charge in [0.05, 0.1) is 10.5 Å². The number of thiocarbonyl (C=S) groups is 1. The zero-order valence-electron chi connectivity index (χ0n) is 15.9. The van der Waals surface area contributed by atoms with Gasteiger partial charge in [-0.15, -0.1) is 0 Å². The van der Waals surface area contributed by atoms with E-state index in [1.165, 1.54) is 16.2 Å². The van der Waals surface area contributed by atoms with E-state index < -0.39 is 0 Å². The van der Waals surface area contributed by atoms with Gasteiger partial charge in [-0.25, -0.2) is 4.98 Å². The number of hydrogen-bond donors (Lipinski definition) is 0. The molecule has 8 heteroatoms. The van der Waals surface area contributed by atoms with Crippen LogP contribution in [0.5, 0.6) is 0 Å². The van der Waals surface area contributed by atoms with E-state index in [9.17, 15) is 9.59 Å². The van der Waals surface area contributed by atoms with Crippen LogP contribution in [0.15, 0.2) is 34.1 Å². The molecule has 0 radical (unpaired) electrons. The van der Waals surface area contributed by atoms with Gasteiger partial charge in [-0.1, -0.05) is 43.9 Å². The number of amides is 1. The first kappa shape index (κ1) is 19.1. The van der Waals surface area contributed by atoms with Gasteiger partial charge in [0.15, 0.2) is 0 Å². The van der Waals surface area contributed by atoms with E-state index >= 15 is 0 Å². The summed E-state index contributed by atoms with van der Waals surface area (Å²) in [5.41, 5.74) is 0.899. The molecule has 0 spiro atoms. The average Bonchev–Trinajstić information content (AvgIpc) is 3.28. The minimum absolute atomic E-state index is 0.131. The summed E-state index contributed by atoms with van der Waals surface area (Å²) < 4.78 is 2.07. The summed E-state index contributed by atoms with van der Waals surface area (Å²) in [6.07, 6.45) is 5.54. The topological polar surface area (TPSA) is 57.9 Å². The van der Waals surface area contributed by atoms with Crippen LogP contribution in [-0.4, -0.2) is 44.1 Å². The summed E-state index contributed by atoms with van der Waals surface area (Å²) in [5, 5.41) is 0. The fourth-order valence-corrected chi connectivity index (χ4v) is 4.80. The van der Waals surface area contributed by atoms with Gasteiger partial charge in [-0.2, -0.15) is 0 Å². The Kier molecular flexibility index (Phi) is 5.25. The summed E-state index contributed by atoms with van der Waals surface area (Å²) in [6, 6.07) is 5.50. The molecule has 0 aromatic carbocycles. The van der Waals surface area contributed by atoms with Gasteiger partial charge in [0.2, 0.25) is 0 Å². The molecule has 4 rings (SSSR count). The lowest BCUT2D eigenvalue weighted by Crippen LogP contribution is -2.31. The van der Waals surface area contributed by atoms with Crippen molar-refractivity contribution < 1.29 is 4.79 Å². The van der Waals surface area contributed by atoms with Crippen molar-refractivity contribution in [2.45, 2.75) is 26.7 Å². The first-order chi connectivity index (χ1) is 13.5. The van der Waals surface area contributed by atoms with E-state index in [4.69, 9.17) is 17.2 Å². The predicted octanol–water partition coefficient (Wildman–Crippen LogP) is 3.15. The van der Waals surface area contributed by atoms with Crippen molar-refractivity contribution in [3.05, 3.63) is 45.2 Å². The fourth-order valence-electron chi connectivity index (χ4n) is 3.54. The Balaban J connectivity index is 1.83. The highest BCUT2D eigenvalue weighted by atomic mass is 32.2. The number of carbonyl (C=O) groups is 1. The number of fused-ring (bicyclic) bond motifs is 1. The van der Waals surface area contributed by atoms with E-state index in [2.05, 4.69) is 4.90 Å². The monoisotopic (exact) mass is 414 g/mol. The second kappa shape index (κ2) is 7.67. The van der Waals surface area contributed by atoms with Gasteiger partial charge in [0.1, 0.15) is 15.8 Å². The summed E-state index contributed by atoms with van der Waals surface area (Å²) in [5.74, 6) is 0.839. The zero-order chi connectivity index (χ0) is 19.8. The maximum absolute atomic E-state index is 13.2. The quantitative estimate of drug-likeness (QED) is 0.566. The van der Waals surface area contributed by atoms with E-state index in [1.54, 1.807) is 23.2 Å². The fraction of sp³-hybridized carbons (Fsp3) is 0.400. The van der Waals surface area contributed by atoms with Crippen molar-refractivity contribution in [3.8, 4) is 0 Å². The van der Waals surface area contributed by atoms with Crippen LogP contribution in [0.3, 0.4) is 0 Å². The summed E-state index contributed by atoms with van der Waals surface area (Å²) in [4.78, 5) is 35.1. The Bertz CT molecular complexity index is 1040. The van der Waals surface area contributed by atoms with Crippen LogP contribution in [0.4, 0.5) is 5.82 Å². The molecule has 2 aromatic heterocycles. The number of nitrogens with zero attached hydrogens (tertiary/aromatic N) is 4. The molecule has 2 saturated heterocycles. The van der Waals surface area contributed by atoms with Crippen LogP contribution in [0.2, 0.25) is 0 Å². The number of carbonyl (C=O) groups excluding carboxylic acids is 1. The molecule has 0 bridgehead atoms. The van der Waals surface area contributed by atoms with E-state index in [0.29, 0.717) is 38.7 Å². The zero-order valence-corrected chi connectivity index (χ0v) is 17.6. The second-order valence-electron chi connectivity index (χ2n) is 7.46. The number of aromatic nitrogens is 2. The highest BCUT2D eigenvalue weighted by Gasteiger charge is 2.33. The SMILES string of the molecule is CC(C)CN1C(=O)/C(=C/c2c(N3CCCC3)nc3ccccn3c2=O)SC1=S. The van der Waals surface area contributed by atoms with E-state index in [0.717, 1.165) is 25.9 Å². The van der Waals surface area contributed by atoms with Crippen LogP contribution in [-0.2, 0) is 4.79 Å². The molecule has 2 aliphatic rings. The Morgan fingerprint density at radius 2 is 2.00 bits per heavy atom. The first-order valence-electron chi connectivity index (χ1n) is 9.47. The lowest BCUT2D eigenvalue weighted by Gasteiger charge is -2.19. The van der Waals surface area contributed by atoms with Crippen molar-refractivity contribution in [1.82, 2.24) is 14.3 Å². The van der Waals surface area contributed by atoms with Crippen molar-refractivity contribution in [1.29, 1.82) is 0 Å².